The third-order valence-corrected chi connectivity index (χ3v) is 5.96. The molecule has 0 radical (unpaired) electrons. The molecule has 3 heterocycles. The number of carbonyl (C=O) groups is 1. The first-order chi connectivity index (χ1) is 13.5. The summed E-state index contributed by atoms with van der Waals surface area (Å²) in [5, 5.41) is 10.8. The Morgan fingerprint density at radius 2 is 2.14 bits per heavy atom. The van der Waals surface area contributed by atoms with E-state index in [2.05, 4.69) is 15.5 Å². The Hall–Kier alpha value is -2.41. The van der Waals surface area contributed by atoms with Crippen molar-refractivity contribution in [1.29, 1.82) is 0 Å². The largest absolute Gasteiger partial charge is 0.427 e. The lowest BCUT2D eigenvalue weighted by Crippen LogP contribution is -2.33. The predicted molar refractivity (Wildman–Crippen MR) is 106 cm³/mol. The monoisotopic (exact) mass is 384 g/mol. The fourth-order valence-corrected chi connectivity index (χ4v) is 4.35. The summed E-state index contributed by atoms with van der Waals surface area (Å²) in [6.45, 7) is 4.00. The Bertz CT molecular complexity index is 924. The molecule has 2 N–H and O–H groups in total. The van der Waals surface area contributed by atoms with Gasteiger partial charge in [-0.25, -0.2) is 4.79 Å². The van der Waals surface area contributed by atoms with E-state index in [1.807, 2.05) is 13.0 Å². The van der Waals surface area contributed by atoms with Gasteiger partial charge >= 0.3 is 5.63 Å². The number of nitrogens with zero attached hydrogens (tertiary/aromatic N) is 2. The van der Waals surface area contributed by atoms with Crippen LogP contribution in [0.1, 0.15) is 70.2 Å². The van der Waals surface area contributed by atoms with E-state index < -0.39 is 5.63 Å². The lowest BCUT2D eigenvalue weighted by molar-refractivity contribution is 0.0777. The first-order valence-electron chi connectivity index (χ1n) is 10.2. The van der Waals surface area contributed by atoms with Gasteiger partial charge in [0.2, 0.25) is 0 Å². The number of piperidine rings is 1. The lowest BCUT2D eigenvalue weighted by Gasteiger charge is -2.22. The van der Waals surface area contributed by atoms with E-state index in [1.165, 1.54) is 17.7 Å². The standard InChI is InChI=1S/C21H28N4O3/c1-13-10-18(14-6-5-9-22-11-14)28-21(27)19(13)20(26)25(2)12-17-15-7-3-4-8-16(15)23-24-17/h10,14,22H,3-9,11-12H2,1-2H3,(H,23,24). The molecule has 4 rings (SSSR count). The van der Waals surface area contributed by atoms with E-state index in [-0.39, 0.29) is 17.4 Å². The molecule has 1 amide bonds. The molecule has 7 nitrogen and oxygen atoms in total. The molecule has 0 saturated carbocycles. The maximum Gasteiger partial charge on any atom is 0.349 e. The highest BCUT2D eigenvalue weighted by Gasteiger charge is 2.25. The number of amides is 1. The van der Waals surface area contributed by atoms with Crippen LogP contribution >= 0.6 is 0 Å². The average molecular weight is 384 g/mol. The highest BCUT2D eigenvalue weighted by atomic mass is 16.4. The quantitative estimate of drug-likeness (QED) is 0.844. The molecule has 2 aliphatic rings. The number of fused-ring (bicyclic) bond motifs is 1. The van der Waals surface area contributed by atoms with Crippen LogP contribution in [0.15, 0.2) is 15.3 Å². The molecule has 0 spiro atoms. The summed E-state index contributed by atoms with van der Waals surface area (Å²) in [5.74, 6) is 0.556. The molecule has 1 atom stereocenters. The molecule has 1 saturated heterocycles. The minimum absolute atomic E-state index is 0.124. The van der Waals surface area contributed by atoms with Gasteiger partial charge in [0.15, 0.2) is 0 Å². The van der Waals surface area contributed by atoms with Crippen LogP contribution in [0.25, 0.3) is 0 Å². The second kappa shape index (κ2) is 7.91. The van der Waals surface area contributed by atoms with Gasteiger partial charge in [-0.3, -0.25) is 9.89 Å². The number of carbonyl (C=O) groups excluding carboxylic acids is 1. The first kappa shape index (κ1) is 18.9. The lowest BCUT2D eigenvalue weighted by atomic mass is 9.95. The maximum atomic E-state index is 13.0. The number of hydrogen-bond acceptors (Lipinski definition) is 5. The smallest absolute Gasteiger partial charge is 0.349 e. The minimum Gasteiger partial charge on any atom is -0.427 e. The number of aromatic amines is 1. The van der Waals surface area contributed by atoms with Crippen molar-refractivity contribution >= 4 is 5.91 Å². The van der Waals surface area contributed by atoms with Crippen molar-refractivity contribution in [3.63, 3.8) is 0 Å². The van der Waals surface area contributed by atoms with Crippen molar-refractivity contribution in [3.05, 3.63) is 50.3 Å². The van der Waals surface area contributed by atoms with Gasteiger partial charge in [0.1, 0.15) is 11.3 Å². The zero-order valence-electron chi connectivity index (χ0n) is 16.6. The van der Waals surface area contributed by atoms with Crippen LogP contribution < -0.4 is 10.9 Å². The third kappa shape index (κ3) is 3.63. The summed E-state index contributed by atoms with van der Waals surface area (Å²) in [7, 11) is 1.71. The van der Waals surface area contributed by atoms with Gasteiger partial charge in [-0.2, -0.15) is 5.10 Å². The summed E-state index contributed by atoms with van der Waals surface area (Å²) < 4.78 is 5.56. The Morgan fingerprint density at radius 1 is 1.32 bits per heavy atom. The fourth-order valence-electron chi connectivity index (χ4n) is 4.35. The van der Waals surface area contributed by atoms with Gasteiger partial charge in [-0.1, -0.05) is 0 Å². The van der Waals surface area contributed by atoms with E-state index in [9.17, 15) is 9.59 Å². The molecule has 1 aliphatic carbocycles. The highest BCUT2D eigenvalue weighted by molar-refractivity contribution is 5.94. The molecule has 2 aromatic rings. The second-order valence-electron chi connectivity index (χ2n) is 8.03. The van der Waals surface area contributed by atoms with E-state index in [4.69, 9.17) is 4.42 Å². The van der Waals surface area contributed by atoms with Gasteiger partial charge in [0, 0.05) is 25.2 Å². The molecule has 1 fully saturated rings. The normalized spacial score (nSPS) is 19.3. The summed E-state index contributed by atoms with van der Waals surface area (Å²) >= 11 is 0. The molecule has 1 unspecified atom stereocenters. The average Bonchev–Trinajstić information content (AvgIpc) is 3.11. The zero-order valence-corrected chi connectivity index (χ0v) is 16.6. The first-order valence-corrected chi connectivity index (χ1v) is 10.2. The molecule has 0 bridgehead atoms. The number of nitrogens with one attached hydrogen (secondary N) is 2. The van der Waals surface area contributed by atoms with Crippen LogP contribution in [0.5, 0.6) is 0 Å². The summed E-state index contributed by atoms with van der Waals surface area (Å²) in [6, 6.07) is 1.86. The Labute approximate surface area is 164 Å². The molecule has 1 aliphatic heterocycles. The van der Waals surface area contributed by atoms with E-state index in [1.54, 1.807) is 11.9 Å². The Kier molecular flexibility index (Phi) is 5.35. The number of hydrogen-bond donors (Lipinski definition) is 2. The van der Waals surface area contributed by atoms with Gasteiger partial charge in [0.05, 0.1) is 12.2 Å². The minimum atomic E-state index is -0.540. The SMILES string of the molecule is Cc1cc(C2CCCNC2)oc(=O)c1C(=O)N(C)Cc1n[nH]c2c1CCCC2. The van der Waals surface area contributed by atoms with Crippen molar-refractivity contribution in [1.82, 2.24) is 20.4 Å². The van der Waals surface area contributed by atoms with Crippen LogP contribution in [-0.4, -0.2) is 41.1 Å². The van der Waals surface area contributed by atoms with Crippen molar-refractivity contribution in [2.75, 3.05) is 20.1 Å². The van der Waals surface area contributed by atoms with Gasteiger partial charge in [-0.15, -0.1) is 0 Å². The molecule has 0 aromatic carbocycles. The Morgan fingerprint density at radius 3 is 2.89 bits per heavy atom. The van der Waals surface area contributed by atoms with Crippen LogP contribution in [0, 0.1) is 6.92 Å². The van der Waals surface area contributed by atoms with Crippen molar-refractivity contribution in [2.24, 2.45) is 0 Å². The summed E-state index contributed by atoms with van der Waals surface area (Å²) in [5.41, 5.74) is 3.58. The molecule has 150 valence electrons. The number of H-pyrrole nitrogens is 1. The molecular formula is C21H28N4O3. The number of aromatic nitrogens is 2. The molecule has 2 aromatic heterocycles. The van der Waals surface area contributed by atoms with Crippen LogP contribution in [0.4, 0.5) is 0 Å². The van der Waals surface area contributed by atoms with Crippen LogP contribution in [-0.2, 0) is 19.4 Å². The van der Waals surface area contributed by atoms with Crippen molar-refractivity contribution in [2.45, 2.75) is 57.9 Å². The van der Waals surface area contributed by atoms with E-state index in [0.717, 1.165) is 50.9 Å². The number of aryl methyl sites for hydroxylation is 2. The van der Waals surface area contributed by atoms with Crippen molar-refractivity contribution in [3.8, 4) is 0 Å². The van der Waals surface area contributed by atoms with Crippen LogP contribution in [0.3, 0.4) is 0 Å². The van der Waals surface area contributed by atoms with Gasteiger partial charge < -0.3 is 14.6 Å². The summed E-state index contributed by atoms with van der Waals surface area (Å²) in [6.07, 6.45) is 6.39. The van der Waals surface area contributed by atoms with E-state index in [0.29, 0.717) is 17.9 Å². The van der Waals surface area contributed by atoms with Crippen molar-refractivity contribution < 1.29 is 9.21 Å². The second-order valence-corrected chi connectivity index (χ2v) is 8.03. The zero-order chi connectivity index (χ0) is 19.7. The van der Waals surface area contributed by atoms with Gasteiger partial charge in [0.25, 0.3) is 5.91 Å². The fraction of sp³-hybridized carbons (Fsp3) is 0.571. The topological polar surface area (TPSA) is 91.2 Å². The third-order valence-electron chi connectivity index (χ3n) is 5.96. The van der Waals surface area contributed by atoms with Gasteiger partial charge in [-0.05, 0) is 69.2 Å². The van der Waals surface area contributed by atoms with Crippen LogP contribution in [0.2, 0.25) is 0 Å². The molecule has 28 heavy (non-hydrogen) atoms. The maximum absolute atomic E-state index is 13.0. The van der Waals surface area contributed by atoms with E-state index >= 15 is 0 Å². The predicted octanol–water partition coefficient (Wildman–Crippen LogP) is 2.29. The summed E-state index contributed by atoms with van der Waals surface area (Å²) in [4.78, 5) is 27.2. The Balaban J connectivity index is 1.54. The molecule has 7 heteroatoms. The highest BCUT2D eigenvalue weighted by Crippen LogP contribution is 2.25. The number of rotatable bonds is 4. The molecular weight excluding hydrogens is 356 g/mol.